The van der Waals surface area contributed by atoms with E-state index < -0.39 is 0 Å². The summed E-state index contributed by atoms with van der Waals surface area (Å²) in [4.78, 5) is 12.1. The maximum Gasteiger partial charge on any atom is 0.260 e. The van der Waals surface area contributed by atoms with Crippen molar-refractivity contribution in [2.24, 2.45) is 0 Å². The third kappa shape index (κ3) is 2.53. The number of nitrogens with zero attached hydrogens (tertiary/aromatic N) is 1. The number of amides is 1. The molecule has 0 spiro atoms. The fourth-order valence-electron chi connectivity index (χ4n) is 1.51. The Hall–Kier alpha value is -1.82. The molecule has 1 heterocycles. The number of nitrogens with one attached hydrogen (secondary N) is 2. The molecular weight excluding hydrogens is 298 g/mol. The number of carbonyl (C=O) groups is 1. The van der Waals surface area contributed by atoms with Crippen molar-refractivity contribution >= 4 is 27.7 Å². The van der Waals surface area contributed by atoms with Crippen LogP contribution in [0.15, 0.2) is 28.9 Å². The van der Waals surface area contributed by atoms with Crippen LogP contribution in [0.4, 0.5) is 5.82 Å². The molecule has 2 rings (SSSR count). The second-order valence-electron chi connectivity index (χ2n) is 3.73. The van der Waals surface area contributed by atoms with E-state index in [9.17, 15) is 4.79 Å². The molecule has 0 bridgehead atoms. The molecule has 1 amide bonds. The van der Waals surface area contributed by atoms with E-state index in [4.69, 9.17) is 4.74 Å². The SMILES string of the molecule is COc1cc(Br)ccc1C(=O)Nc1[nH]ncc1C. The van der Waals surface area contributed by atoms with Crippen LogP contribution in [-0.2, 0) is 0 Å². The Balaban J connectivity index is 2.26. The van der Waals surface area contributed by atoms with Gasteiger partial charge >= 0.3 is 0 Å². The summed E-state index contributed by atoms with van der Waals surface area (Å²) in [5, 5.41) is 9.32. The lowest BCUT2D eigenvalue weighted by Gasteiger charge is -2.09. The molecule has 6 heteroatoms. The summed E-state index contributed by atoms with van der Waals surface area (Å²) in [7, 11) is 1.53. The van der Waals surface area contributed by atoms with Crippen LogP contribution >= 0.6 is 15.9 Å². The lowest BCUT2D eigenvalue weighted by atomic mass is 10.2. The first kappa shape index (κ1) is 12.6. The second-order valence-corrected chi connectivity index (χ2v) is 4.64. The van der Waals surface area contributed by atoms with Crippen molar-refractivity contribution < 1.29 is 9.53 Å². The fourth-order valence-corrected chi connectivity index (χ4v) is 1.85. The molecular formula is C12H12BrN3O2. The molecule has 0 radical (unpaired) electrons. The third-order valence-electron chi connectivity index (χ3n) is 2.48. The number of benzene rings is 1. The first-order valence-electron chi connectivity index (χ1n) is 5.26. The molecule has 0 unspecified atom stereocenters. The van der Waals surface area contributed by atoms with E-state index >= 15 is 0 Å². The summed E-state index contributed by atoms with van der Waals surface area (Å²) in [6.07, 6.45) is 1.65. The number of aromatic nitrogens is 2. The Labute approximate surface area is 113 Å². The molecule has 0 saturated heterocycles. The number of H-pyrrole nitrogens is 1. The summed E-state index contributed by atoms with van der Waals surface area (Å²) in [6.45, 7) is 1.86. The average molecular weight is 310 g/mol. The van der Waals surface area contributed by atoms with Crippen molar-refractivity contribution in [1.29, 1.82) is 0 Å². The van der Waals surface area contributed by atoms with Gasteiger partial charge in [0.2, 0.25) is 0 Å². The van der Waals surface area contributed by atoms with Gasteiger partial charge in [-0.25, -0.2) is 0 Å². The van der Waals surface area contributed by atoms with Crippen molar-refractivity contribution in [1.82, 2.24) is 10.2 Å². The van der Waals surface area contributed by atoms with Crippen LogP contribution in [0.25, 0.3) is 0 Å². The average Bonchev–Trinajstić information content (AvgIpc) is 2.74. The first-order chi connectivity index (χ1) is 8.61. The van der Waals surface area contributed by atoms with Gasteiger partial charge in [-0.2, -0.15) is 5.10 Å². The molecule has 1 aromatic heterocycles. The van der Waals surface area contributed by atoms with Crippen molar-refractivity contribution in [3.8, 4) is 5.75 Å². The van der Waals surface area contributed by atoms with Gasteiger partial charge in [0.25, 0.3) is 5.91 Å². The van der Waals surface area contributed by atoms with Gasteiger partial charge in [0, 0.05) is 10.0 Å². The predicted octanol–water partition coefficient (Wildman–Crippen LogP) is 2.74. The molecule has 0 aliphatic heterocycles. The van der Waals surface area contributed by atoms with E-state index in [2.05, 4.69) is 31.4 Å². The van der Waals surface area contributed by atoms with Gasteiger partial charge in [0.15, 0.2) is 0 Å². The van der Waals surface area contributed by atoms with Gasteiger partial charge in [-0.15, -0.1) is 0 Å². The zero-order chi connectivity index (χ0) is 13.1. The topological polar surface area (TPSA) is 67.0 Å². The molecule has 94 valence electrons. The standard InChI is InChI=1S/C12H12BrN3O2/c1-7-6-14-16-11(7)15-12(17)9-4-3-8(13)5-10(9)18-2/h3-6H,1-2H3,(H2,14,15,16,17). The number of anilines is 1. The quantitative estimate of drug-likeness (QED) is 0.916. The lowest BCUT2D eigenvalue weighted by Crippen LogP contribution is -2.14. The van der Waals surface area contributed by atoms with Gasteiger partial charge < -0.3 is 10.1 Å². The van der Waals surface area contributed by atoms with Crippen molar-refractivity contribution in [2.75, 3.05) is 12.4 Å². The molecule has 2 aromatic rings. The number of aromatic amines is 1. The Kier molecular flexibility index (Phi) is 3.66. The summed E-state index contributed by atoms with van der Waals surface area (Å²) >= 11 is 3.33. The van der Waals surface area contributed by atoms with Crippen LogP contribution in [0.2, 0.25) is 0 Å². The number of hydrogen-bond acceptors (Lipinski definition) is 3. The summed E-state index contributed by atoms with van der Waals surface area (Å²) < 4.78 is 6.04. The molecule has 2 N–H and O–H groups in total. The molecule has 0 aliphatic rings. The minimum atomic E-state index is -0.244. The van der Waals surface area contributed by atoms with Crippen LogP contribution in [-0.4, -0.2) is 23.2 Å². The van der Waals surface area contributed by atoms with Crippen molar-refractivity contribution in [3.63, 3.8) is 0 Å². The lowest BCUT2D eigenvalue weighted by molar-refractivity contribution is 0.102. The normalized spacial score (nSPS) is 10.2. The highest BCUT2D eigenvalue weighted by molar-refractivity contribution is 9.10. The van der Waals surface area contributed by atoms with Crippen LogP contribution in [0, 0.1) is 6.92 Å². The number of halogens is 1. The van der Waals surface area contributed by atoms with Crippen LogP contribution in [0.3, 0.4) is 0 Å². The highest BCUT2D eigenvalue weighted by Crippen LogP contribution is 2.24. The summed E-state index contributed by atoms with van der Waals surface area (Å²) in [5.41, 5.74) is 1.34. The second kappa shape index (κ2) is 5.22. The van der Waals surface area contributed by atoms with Crippen molar-refractivity contribution in [2.45, 2.75) is 6.92 Å². The maximum atomic E-state index is 12.1. The highest BCUT2D eigenvalue weighted by Gasteiger charge is 2.14. The van der Waals surface area contributed by atoms with E-state index in [-0.39, 0.29) is 5.91 Å². The van der Waals surface area contributed by atoms with Gasteiger partial charge in [-0.1, -0.05) is 15.9 Å². The number of carbonyl (C=O) groups excluding carboxylic acids is 1. The number of aryl methyl sites for hydroxylation is 1. The van der Waals surface area contributed by atoms with Gasteiger partial charge in [0.05, 0.1) is 18.9 Å². The number of methoxy groups -OCH3 is 1. The van der Waals surface area contributed by atoms with Crippen LogP contribution < -0.4 is 10.1 Å². The smallest absolute Gasteiger partial charge is 0.260 e. The molecule has 18 heavy (non-hydrogen) atoms. The van der Waals surface area contributed by atoms with E-state index in [0.717, 1.165) is 10.0 Å². The molecule has 5 nitrogen and oxygen atoms in total. The van der Waals surface area contributed by atoms with E-state index in [1.54, 1.807) is 24.4 Å². The van der Waals surface area contributed by atoms with E-state index in [1.165, 1.54) is 7.11 Å². The monoisotopic (exact) mass is 309 g/mol. The minimum Gasteiger partial charge on any atom is -0.496 e. The number of rotatable bonds is 3. The fraction of sp³-hybridized carbons (Fsp3) is 0.167. The summed E-state index contributed by atoms with van der Waals surface area (Å²) in [6, 6.07) is 5.23. The number of ether oxygens (including phenoxy) is 1. The van der Waals surface area contributed by atoms with Crippen molar-refractivity contribution in [3.05, 3.63) is 40.0 Å². The van der Waals surface area contributed by atoms with E-state index in [1.807, 2.05) is 6.92 Å². The van der Waals surface area contributed by atoms with Crippen LogP contribution in [0.1, 0.15) is 15.9 Å². The molecule has 0 saturated carbocycles. The minimum absolute atomic E-state index is 0.244. The highest BCUT2D eigenvalue weighted by atomic mass is 79.9. The Morgan fingerprint density at radius 2 is 2.28 bits per heavy atom. The van der Waals surface area contributed by atoms with E-state index in [0.29, 0.717) is 17.1 Å². The number of hydrogen-bond donors (Lipinski definition) is 2. The Morgan fingerprint density at radius 1 is 1.50 bits per heavy atom. The molecule has 0 fully saturated rings. The molecule has 0 atom stereocenters. The van der Waals surface area contributed by atoms with Gasteiger partial charge in [-0.05, 0) is 25.1 Å². The zero-order valence-corrected chi connectivity index (χ0v) is 11.5. The zero-order valence-electron chi connectivity index (χ0n) is 9.95. The molecule has 1 aromatic carbocycles. The van der Waals surface area contributed by atoms with Crippen LogP contribution in [0.5, 0.6) is 5.75 Å². The first-order valence-corrected chi connectivity index (χ1v) is 6.06. The Morgan fingerprint density at radius 3 is 2.89 bits per heavy atom. The predicted molar refractivity (Wildman–Crippen MR) is 72.0 cm³/mol. The largest absolute Gasteiger partial charge is 0.496 e. The Bertz CT molecular complexity index is 580. The maximum absolute atomic E-state index is 12.1. The van der Waals surface area contributed by atoms with Gasteiger partial charge in [0.1, 0.15) is 11.6 Å². The van der Waals surface area contributed by atoms with Gasteiger partial charge in [-0.3, -0.25) is 9.89 Å². The third-order valence-corrected chi connectivity index (χ3v) is 2.97. The summed E-state index contributed by atoms with van der Waals surface area (Å²) in [5.74, 6) is 0.857. The molecule has 0 aliphatic carbocycles.